The molecule has 5 nitrogen and oxygen atoms in total. The van der Waals surface area contributed by atoms with Gasteiger partial charge in [0.15, 0.2) is 5.78 Å². The fourth-order valence-electron chi connectivity index (χ4n) is 4.35. The molecular weight excluding hydrogens is 352 g/mol. The largest absolute Gasteiger partial charge is 0.325 e. The van der Waals surface area contributed by atoms with Gasteiger partial charge in [0.1, 0.15) is 5.54 Å². The SMILES string of the molecule is CC1CCCCC12NC(=O)N(CC(=O)c1ccc(-c3ccccc3)cc1)C2=O. The summed E-state index contributed by atoms with van der Waals surface area (Å²) in [6, 6.07) is 16.7. The average Bonchev–Trinajstić information content (AvgIpc) is 2.96. The third kappa shape index (κ3) is 3.11. The number of hydrogen-bond acceptors (Lipinski definition) is 3. The molecule has 2 aromatic rings. The molecule has 144 valence electrons. The average molecular weight is 376 g/mol. The molecule has 1 saturated carbocycles. The van der Waals surface area contributed by atoms with Crippen molar-refractivity contribution in [3.63, 3.8) is 0 Å². The predicted molar refractivity (Wildman–Crippen MR) is 107 cm³/mol. The third-order valence-electron chi connectivity index (χ3n) is 6.12. The van der Waals surface area contributed by atoms with E-state index in [0.717, 1.165) is 35.3 Å². The minimum atomic E-state index is -0.827. The van der Waals surface area contributed by atoms with E-state index < -0.39 is 11.6 Å². The van der Waals surface area contributed by atoms with Crippen LogP contribution in [0.4, 0.5) is 4.79 Å². The zero-order valence-electron chi connectivity index (χ0n) is 16.0. The van der Waals surface area contributed by atoms with Crippen LogP contribution in [0.2, 0.25) is 0 Å². The van der Waals surface area contributed by atoms with Crippen molar-refractivity contribution >= 4 is 17.7 Å². The molecule has 1 spiro atoms. The van der Waals surface area contributed by atoms with Crippen LogP contribution in [0.25, 0.3) is 11.1 Å². The number of benzene rings is 2. The number of imide groups is 1. The zero-order valence-corrected chi connectivity index (χ0v) is 16.0. The summed E-state index contributed by atoms with van der Waals surface area (Å²) >= 11 is 0. The van der Waals surface area contributed by atoms with Crippen molar-refractivity contribution in [2.24, 2.45) is 5.92 Å². The molecule has 4 rings (SSSR count). The summed E-state index contributed by atoms with van der Waals surface area (Å²) in [5, 5.41) is 2.89. The van der Waals surface area contributed by atoms with E-state index >= 15 is 0 Å². The van der Waals surface area contributed by atoms with Gasteiger partial charge < -0.3 is 5.32 Å². The van der Waals surface area contributed by atoms with E-state index in [4.69, 9.17) is 0 Å². The molecule has 1 saturated heterocycles. The Bertz CT molecular complexity index is 907. The molecule has 2 atom stereocenters. The summed E-state index contributed by atoms with van der Waals surface area (Å²) in [5.41, 5.74) is 1.76. The first-order valence-electron chi connectivity index (χ1n) is 9.84. The third-order valence-corrected chi connectivity index (χ3v) is 6.12. The normalized spacial score (nSPS) is 24.5. The van der Waals surface area contributed by atoms with Crippen molar-refractivity contribution in [3.05, 3.63) is 60.2 Å². The number of nitrogens with zero attached hydrogens (tertiary/aromatic N) is 1. The fourth-order valence-corrected chi connectivity index (χ4v) is 4.35. The van der Waals surface area contributed by atoms with Gasteiger partial charge in [-0.1, -0.05) is 74.4 Å². The first-order chi connectivity index (χ1) is 13.5. The maximum absolute atomic E-state index is 13.0. The second kappa shape index (κ2) is 7.23. The fraction of sp³-hybridized carbons (Fsp3) is 0.348. The van der Waals surface area contributed by atoms with Crippen LogP contribution >= 0.6 is 0 Å². The number of rotatable bonds is 4. The zero-order chi connectivity index (χ0) is 19.7. The Morgan fingerprint density at radius 2 is 1.71 bits per heavy atom. The monoisotopic (exact) mass is 376 g/mol. The van der Waals surface area contributed by atoms with Crippen LogP contribution < -0.4 is 5.32 Å². The molecule has 0 bridgehead atoms. The summed E-state index contributed by atoms with van der Waals surface area (Å²) in [4.78, 5) is 39.3. The molecule has 28 heavy (non-hydrogen) atoms. The molecule has 1 N–H and O–H groups in total. The lowest BCUT2D eigenvalue weighted by molar-refractivity contribution is -0.133. The van der Waals surface area contributed by atoms with Gasteiger partial charge in [0.25, 0.3) is 5.91 Å². The molecule has 0 aromatic heterocycles. The van der Waals surface area contributed by atoms with Gasteiger partial charge in [0, 0.05) is 5.56 Å². The summed E-state index contributed by atoms with van der Waals surface area (Å²) in [6.45, 7) is 1.79. The van der Waals surface area contributed by atoms with E-state index in [-0.39, 0.29) is 24.2 Å². The Hall–Kier alpha value is -2.95. The van der Waals surface area contributed by atoms with Gasteiger partial charge in [-0.05, 0) is 29.9 Å². The molecule has 2 unspecified atom stereocenters. The number of Topliss-reactive ketones (excluding diaryl/α,β-unsaturated/α-hetero) is 1. The van der Waals surface area contributed by atoms with Gasteiger partial charge in [-0.3, -0.25) is 14.5 Å². The number of ketones is 1. The first-order valence-corrected chi connectivity index (χ1v) is 9.84. The highest BCUT2D eigenvalue weighted by Gasteiger charge is 2.55. The number of carbonyl (C=O) groups is 3. The highest BCUT2D eigenvalue weighted by atomic mass is 16.2. The number of carbonyl (C=O) groups excluding carboxylic acids is 3. The van der Waals surface area contributed by atoms with Crippen LogP contribution in [0, 0.1) is 5.92 Å². The summed E-state index contributed by atoms with van der Waals surface area (Å²) in [5.74, 6) is -0.398. The van der Waals surface area contributed by atoms with Gasteiger partial charge >= 0.3 is 6.03 Å². The Labute approximate surface area is 164 Å². The van der Waals surface area contributed by atoms with E-state index in [2.05, 4.69) is 5.32 Å². The van der Waals surface area contributed by atoms with Gasteiger partial charge in [-0.2, -0.15) is 0 Å². The smallest absolute Gasteiger partial charge is 0.323 e. The highest BCUT2D eigenvalue weighted by Crippen LogP contribution is 2.38. The quantitative estimate of drug-likeness (QED) is 0.647. The van der Waals surface area contributed by atoms with Crippen LogP contribution in [0.5, 0.6) is 0 Å². The molecule has 3 amide bonds. The number of hydrogen-bond donors (Lipinski definition) is 1. The van der Waals surface area contributed by atoms with E-state index in [1.807, 2.05) is 49.4 Å². The topological polar surface area (TPSA) is 66.5 Å². The maximum atomic E-state index is 13.0. The molecule has 2 fully saturated rings. The number of urea groups is 1. The van der Waals surface area contributed by atoms with Gasteiger partial charge in [0.05, 0.1) is 6.54 Å². The van der Waals surface area contributed by atoms with Crippen LogP contribution in [0.15, 0.2) is 54.6 Å². The van der Waals surface area contributed by atoms with Crippen molar-refractivity contribution < 1.29 is 14.4 Å². The Kier molecular flexibility index (Phi) is 4.75. The Morgan fingerprint density at radius 1 is 1.04 bits per heavy atom. The lowest BCUT2D eigenvalue weighted by Gasteiger charge is -2.36. The van der Waals surface area contributed by atoms with Crippen LogP contribution in [0.3, 0.4) is 0 Å². The Balaban J connectivity index is 1.49. The van der Waals surface area contributed by atoms with Gasteiger partial charge in [-0.25, -0.2) is 4.79 Å². The molecule has 1 aliphatic carbocycles. The molecule has 2 aromatic carbocycles. The van der Waals surface area contributed by atoms with E-state index in [9.17, 15) is 14.4 Å². The highest BCUT2D eigenvalue weighted by molar-refractivity contribution is 6.11. The number of nitrogens with one attached hydrogen (secondary N) is 1. The molecule has 1 heterocycles. The standard InChI is InChI=1S/C23H24N2O3/c1-16-7-5-6-14-23(16)21(27)25(22(28)24-23)15-20(26)19-12-10-18(11-13-19)17-8-3-2-4-9-17/h2-4,8-13,16H,5-7,14-15H2,1H3,(H,24,28). The Morgan fingerprint density at radius 3 is 2.39 bits per heavy atom. The van der Waals surface area contributed by atoms with Crippen molar-refractivity contribution in [3.8, 4) is 11.1 Å². The maximum Gasteiger partial charge on any atom is 0.325 e. The van der Waals surface area contributed by atoms with Crippen LogP contribution in [0.1, 0.15) is 43.0 Å². The van der Waals surface area contributed by atoms with E-state index in [1.54, 1.807) is 12.1 Å². The minimum Gasteiger partial charge on any atom is -0.323 e. The van der Waals surface area contributed by atoms with E-state index in [0.29, 0.717) is 12.0 Å². The number of amides is 3. The van der Waals surface area contributed by atoms with Crippen molar-refractivity contribution in [2.75, 3.05) is 6.54 Å². The second-order valence-corrected chi connectivity index (χ2v) is 7.81. The lowest BCUT2D eigenvalue weighted by atomic mass is 9.73. The van der Waals surface area contributed by atoms with Crippen LogP contribution in [-0.4, -0.2) is 34.7 Å². The first kappa shape index (κ1) is 18.4. The van der Waals surface area contributed by atoms with Crippen molar-refractivity contribution in [1.29, 1.82) is 0 Å². The summed E-state index contributed by atoms with van der Waals surface area (Å²) in [7, 11) is 0. The van der Waals surface area contributed by atoms with E-state index in [1.165, 1.54) is 0 Å². The second-order valence-electron chi connectivity index (χ2n) is 7.81. The molecule has 2 aliphatic rings. The lowest BCUT2D eigenvalue weighted by Crippen LogP contribution is -2.54. The molecule has 5 heteroatoms. The minimum absolute atomic E-state index is 0.0861. The molecular formula is C23H24N2O3. The van der Waals surface area contributed by atoms with Crippen LogP contribution in [-0.2, 0) is 4.79 Å². The summed E-state index contributed by atoms with van der Waals surface area (Å²) < 4.78 is 0. The van der Waals surface area contributed by atoms with Crippen molar-refractivity contribution in [1.82, 2.24) is 10.2 Å². The molecule has 0 radical (unpaired) electrons. The van der Waals surface area contributed by atoms with Gasteiger partial charge in [0.2, 0.25) is 0 Å². The van der Waals surface area contributed by atoms with Gasteiger partial charge in [-0.15, -0.1) is 0 Å². The molecule has 1 aliphatic heterocycles. The van der Waals surface area contributed by atoms with Crippen molar-refractivity contribution in [2.45, 2.75) is 38.1 Å². The summed E-state index contributed by atoms with van der Waals surface area (Å²) in [6.07, 6.45) is 3.54. The predicted octanol–water partition coefficient (Wildman–Crippen LogP) is 4.04.